The number of hydrogen-bond donors (Lipinski definition) is 0. The first kappa shape index (κ1) is 11.8. The molecule has 0 aliphatic heterocycles. The fraction of sp³-hybridized carbons (Fsp3) is 0.400. The molecule has 0 spiro atoms. The maximum Gasteiger partial charge on any atom is 0.146 e. The molecule has 0 amide bonds. The predicted octanol–water partition coefficient (Wildman–Crippen LogP) is 2.41. The van der Waals surface area contributed by atoms with Crippen molar-refractivity contribution in [3.05, 3.63) is 22.1 Å². The molecule has 0 radical (unpaired) electrons. The molecule has 0 aromatic carbocycles. The van der Waals surface area contributed by atoms with Gasteiger partial charge in [0.2, 0.25) is 0 Å². The maximum absolute atomic E-state index is 6.03. The van der Waals surface area contributed by atoms with Crippen LogP contribution in [0, 0.1) is 0 Å². The van der Waals surface area contributed by atoms with E-state index in [2.05, 4.69) is 35.4 Å². The molecular weight excluding hydrogens is 291 g/mol. The largest absolute Gasteiger partial charge is 0.330 e. The van der Waals surface area contributed by atoms with Crippen LogP contribution >= 0.6 is 27.5 Å². The Morgan fingerprint density at radius 1 is 1.44 bits per heavy atom. The van der Waals surface area contributed by atoms with Gasteiger partial charge >= 0.3 is 0 Å². The highest BCUT2D eigenvalue weighted by atomic mass is 79.9. The molecular formula is C10H12BrClN4. The van der Waals surface area contributed by atoms with Gasteiger partial charge in [-0.1, -0.05) is 11.6 Å². The average Bonchev–Trinajstić information content (AvgIpc) is 2.54. The van der Waals surface area contributed by atoms with Gasteiger partial charge in [0.1, 0.15) is 17.1 Å². The predicted molar refractivity (Wildman–Crippen MR) is 68.8 cm³/mol. The summed E-state index contributed by atoms with van der Waals surface area (Å²) in [6.45, 7) is 1.83. The van der Waals surface area contributed by atoms with E-state index < -0.39 is 0 Å². The summed E-state index contributed by atoms with van der Waals surface area (Å²) in [5, 5.41) is 1.36. The van der Waals surface area contributed by atoms with Crippen molar-refractivity contribution < 1.29 is 0 Å². The monoisotopic (exact) mass is 302 g/mol. The molecule has 6 heteroatoms. The van der Waals surface area contributed by atoms with Crippen LogP contribution in [0.15, 0.2) is 17.0 Å². The Labute approximate surface area is 107 Å². The van der Waals surface area contributed by atoms with E-state index in [0.29, 0.717) is 5.15 Å². The Hall–Kier alpha value is -0.650. The first-order valence-corrected chi connectivity index (χ1v) is 6.06. The minimum Gasteiger partial charge on any atom is -0.330 e. The highest BCUT2D eigenvalue weighted by molar-refractivity contribution is 9.10. The Balaban J connectivity index is 2.43. The van der Waals surface area contributed by atoms with Crippen LogP contribution in [0.4, 0.5) is 0 Å². The van der Waals surface area contributed by atoms with E-state index >= 15 is 0 Å². The molecule has 0 unspecified atom stereocenters. The van der Waals surface area contributed by atoms with Gasteiger partial charge in [0.25, 0.3) is 0 Å². The van der Waals surface area contributed by atoms with Gasteiger partial charge in [0, 0.05) is 23.8 Å². The standard InChI is InChI=1S/C10H12BrClN4/c1-15(2)3-4-16-5-7(11)8-9(12)13-6-14-10(8)16/h5-6H,3-4H2,1-2H3. The number of halogens is 2. The SMILES string of the molecule is CN(C)CCn1cc(Br)c2c(Cl)ncnc21. The lowest BCUT2D eigenvalue weighted by Gasteiger charge is -2.10. The third kappa shape index (κ3) is 2.21. The normalized spacial score (nSPS) is 11.6. The van der Waals surface area contributed by atoms with Crippen molar-refractivity contribution in [2.75, 3.05) is 20.6 Å². The Morgan fingerprint density at radius 3 is 2.88 bits per heavy atom. The second-order valence-corrected chi connectivity index (χ2v) is 5.05. The number of nitrogens with zero attached hydrogens (tertiary/aromatic N) is 4. The van der Waals surface area contributed by atoms with Gasteiger partial charge in [-0.2, -0.15) is 0 Å². The van der Waals surface area contributed by atoms with Crippen LogP contribution in [0.1, 0.15) is 0 Å². The van der Waals surface area contributed by atoms with Crippen molar-refractivity contribution in [2.45, 2.75) is 6.54 Å². The summed E-state index contributed by atoms with van der Waals surface area (Å²) in [4.78, 5) is 10.4. The molecule has 16 heavy (non-hydrogen) atoms. The fourth-order valence-corrected chi connectivity index (χ4v) is 2.48. The average molecular weight is 304 g/mol. The second-order valence-electron chi connectivity index (χ2n) is 3.84. The van der Waals surface area contributed by atoms with E-state index in [0.717, 1.165) is 28.6 Å². The summed E-state index contributed by atoms with van der Waals surface area (Å²) in [5.74, 6) is 0. The number of aromatic nitrogens is 3. The Bertz CT molecular complexity index is 509. The smallest absolute Gasteiger partial charge is 0.146 e. The van der Waals surface area contributed by atoms with E-state index in [4.69, 9.17) is 11.6 Å². The zero-order valence-electron chi connectivity index (χ0n) is 9.11. The maximum atomic E-state index is 6.03. The van der Waals surface area contributed by atoms with Crippen LogP contribution in [0.3, 0.4) is 0 Å². The van der Waals surface area contributed by atoms with E-state index in [-0.39, 0.29) is 0 Å². The van der Waals surface area contributed by atoms with Crippen molar-refractivity contribution in [2.24, 2.45) is 0 Å². The molecule has 2 rings (SSSR count). The zero-order chi connectivity index (χ0) is 11.7. The lowest BCUT2D eigenvalue weighted by atomic mass is 10.4. The topological polar surface area (TPSA) is 34.0 Å². The summed E-state index contributed by atoms with van der Waals surface area (Å²) >= 11 is 9.51. The van der Waals surface area contributed by atoms with Crippen LogP contribution in [-0.4, -0.2) is 40.1 Å². The number of rotatable bonds is 3. The zero-order valence-corrected chi connectivity index (χ0v) is 11.5. The highest BCUT2D eigenvalue weighted by Crippen LogP contribution is 2.29. The quantitative estimate of drug-likeness (QED) is 0.817. The van der Waals surface area contributed by atoms with Crippen molar-refractivity contribution >= 4 is 38.6 Å². The molecule has 4 nitrogen and oxygen atoms in total. The van der Waals surface area contributed by atoms with E-state index in [1.165, 1.54) is 6.33 Å². The minimum absolute atomic E-state index is 0.487. The molecule has 0 bridgehead atoms. The van der Waals surface area contributed by atoms with Gasteiger partial charge in [-0.05, 0) is 30.0 Å². The minimum atomic E-state index is 0.487. The van der Waals surface area contributed by atoms with Gasteiger partial charge < -0.3 is 9.47 Å². The molecule has 2 aromatic rings. The van der Waals surface area contributed by atoms with Crippen molar-refractivity contribution in [3.63, 3.8) is 0 Å². The van der Waals surface area contributed by atoms with E-state index in [1.807, 2.05) is 20.3 Å². The first-order chi connectivity index (χ1) is 7.59. The van der Waals surface area contributed by atoms with E-state index in [1.54, 1.807) is 0 Å². The van der Waals surface area contributed by atoms with Gasteiger partial charge in [0.15, 0.2) is 0 Å². The molecule has 2 heterocycles. The number of fused-ring (bicyclic) bond motifs is 1. The molecule has 0 atom stereocenters. The van der Waals surface area contributed by atoms with Crippen LogP contribution in [0.25, 0.3) is 11.0 Å². The summed E-state index contributed by atoms with van der Waals surface area (Å²) in [7, 11) is 4.09. The van der Waals surface area contributed by atoms with Crippen molar-refractivity contribution in [1.82, 2.24) is 19.4 Å². The third-order valence-corrected chi connectivity index (χ3v) is 3.24. The molecule has 0 aliphatic rings. The lowest BCUT2D eigenvalue weighted by Crippen LogP contribution is -2.18. The van der Waals surface area contributed by atoms with Crippen LogP contribution in [-0.2, 0) is 6.54 Å². The fourth-order valence-electron chi connectivity index (χ4n) is 1.52. The number of likely N-dealkylation sites (N-methyl/N-ethyl adjacent to an activating group) is 1. The van der Waals surface area contributed by atoms with E-state index in [9.17, 15) is 0 Å². The first-order valence-electron chi connectivity index (χ1n) is 4.89. The van der Waals surface area contributed by atoms with Crippen molar-refractivity contribution in [3.8, 4) is 0 Å². The molecule has 0 saturated carbocycles. The van der Waals surface area contributed by atoms with Crippen LogP contribution in [0.2, 0.25) is 5.15 Å². The third-order valence-electron chi connectivity index (χ3n) is 2.35. The van der Waals surface area contributed by atoms with Gasteiger partial charge in [-0.15, -0.1) is 0 Å². The summed E-state index contributed by atoms with van der Waals surface area (Å²) in [6.07, 6.45) is 3.48. The Morgan fingerprint density at radius 2 is 2.19 bits per heavy atom. The van der Waals surface area contributed by atoms with Gasteiger partial charge in [-0.3, -0.25) is 0 Å². The molecule has 0 saturated heterocycles. The highest BCUT2D eigenvalue weighted by Gasteiger charge is 2.11. The summed E-state index contributed by atoms with van der Waals surface area (Å²) in [6, 6.07) is 0. The summed E-state index contributed by atoms with van der Waals surface area (Å²) < 4.78 is 3.01. The molecule has 0 fully saturated rings. The Kier molecular flexibility index (Phi) is 3.47. The van der Waals surface area contributed by atoms with Crippen LogP contribution < -0.4 is 0 Å². The second kappa shape index (κ2) is 4.69. The van der Waals surface area contributed by atoms with Gasteiger partial charge in [0.05, 0.1) is 5.39 Å². The summed E-state index contributed by atoms with van der Waals surface area (Å²) in [5.41, 5.74) is 0.869. The van der Waals surface area contributed by atoms with Crippen LogP contribution in [0.5, 0.6) is 0 Å². The molecule has 0 N–H and O–H groups in total. The molecule has 0 aliphatic carbocycles. The molecule has 86 valence electrons. The van der Waals surface area contributed by atoms with Crippen molar-refractivity contribution in [1.29, 1.82) is 0 Å². The lowest BCUT2D eigenvalue weighted by molar-refractivity contribution is 0.386. The van der Waals surface area contributed by atoms with Gasteiger partial charge in [-0.25, -0.2) is 9.97 Å². The molecule has 2 aromatic heterocycles. The number of hydrogen-bond acceptors (Lipinski definition) is 3.